The van der Waals surface area contributed by atoms with Gasteiger partial charge in [0.2, 0.25) is 6.29 Å². The minimum atomic E-state index is -3.08. The maximum atomic E-state index is 9.66. The number of hydrogen-bond acceptors (Lipinski definition) is 5. The van der Waals surface area contributed by atoms with Gasteiger partial charge < -0.3 is 15.1 Å². The topological polar surface area (TPSA) is 89.8 Å². The van der Waals surface area contributed by atoms with Gasteiger partial charge in [-0.15, -0.1) is 4.52 Å². The smallest absolute Gasteiger partial charge is 0.491 e. The molecule has 6 heteroatoms. The summed E-state index contributed by atoms with van der Waals surface area (Å²) in [6.45, 7) is 1.21. The predicted molar refractivity (Wildman–Crippen MR) is 26.4 cm³/mol. The lowest BCUT2D eigenvalue weighted by molar-refractivity contribution is -0.209. The quantitative estimate of drug-likeness (QED) is 0.390. The zero-order valence-electron chi connectivity index (χ0n) is 4.72. The molecule has 0 aliphatic carbocycles. The van der Waals surface area contributed by atoms with E-state index in [0.717, 1.165) is 0 Å². The Labute approximate surface area is 52.8 Å². The van der Waals surface area contributed by atoms with Gasteiger partial charge in [-0.05, 0) is 11.5 Å². The summed E-state index contributed by atoms with van der Waals surface area (Å²) < 4.78 is 13.4. The van der Waals surface area contributed by atoms with Crippen LogP contribution in [0.15, 0.2) is 0 Å². The Morgan fingerprint density at radius 1 is 1.67 bits per heavy atom. The van der Waals surface area contributed by atoms with Gasteiger partial charge in [0, 0.05) is 0 Å². The first-order valence-corrected chi connectivity index (χ1v) is 3.31. The van der Waals surface area contributed by atoms with E-state index in [4.69, 9.17) is 10.2 Å². The zero-order valence-corrected chi connectivity index (χ0v) is 5.62. The van der Waals surface area contributed by atoms with Gasteiger partial charge in [0.25, 0.3) is 0 Å². The van der Waals surface area contributed by atoms with Crippen molar-refractivity contribution in [2.75, 3.05) is 0 Å². The Morgan fingerprint density at radius 3 is 2.22 bits per heavy atom. The van der Waals surface area contributed by atoms with Crippen LogP contribution in [0.1, 0.15) is 6.92 Å². The summed E-state index contributed by atoms with van der Waals surface area (Å²) in [6, 6.07) is 0. The summed E-state index contributed by atoms with van der Waals surface area (Å²) in [5.74, 6) is 0. The fourth-order valence-corrected chi connectivity index (χ4v) is 0.529. The molecule has 0 saturated heterocycles. The van der Waals surface area contributed by atoms with Gasteiger partial charge in [-0.25, -0.2) is 0 Å². The van der Waals surface area contributed by atoms with Gasteiger partial charge in [-0.1, -0.05) is 0 Å². The molecule has 0 rings (SSSR count). The fraction of sp³-hybridized carbons (Fsp3) is 1.00. The SMILES string of the molecule is CC(O)C(O)O[P+](=O)[O-]. The van der Waals surface area contributed by atoms with Crippen LogP contribution in [0.25, 0.3) is 0 Å². The van der Waals surface area contributed by atoms with Gasteiger partial charge >= 0.3 is 8.25 Å². The highest BCUT2D eigenvalue weighted by Crippen LogP contribution is 2.13. The monoisotopic (exact) mass is 154 g/mol. The lowest BCUT2D eigenvalue weighted by Gasteiger charge is -2.05. The summed E-state index contributed by atoms with van der Waals surface area (Å²) in [6.07, 6.45) is -2.84. The molecule has 0 bridgehead atoms. The van der Waals surface area contributed by atoms with E-state index in [2.05, 4.69) is 4.52 Å². The Morgan fingerprint density at radius 2 is 2.11 bits per heavy atom. The minimum absolute atomic E-state index is 1.20. The Balaban J connectivity index is 3.50. The van der Waals surface area contributed by atoms with Crippen LogP contribution in [0, 0.1) is 0 Å². The molecular weight excluding hydrogens is 147 g/mol. The zero-order chi connectivity index (χ0) is 7.44. The fourth-order valence-electron chi connectivity index (χ4n) is 0.176. The highest BCUT2D eigenvalue weighted by Gasteiger charge is 2.18. The largest absolute Gasteiger partial charge is 0.566 e. The summed E-state index contributed by atoms with van der Waals surface area (Å²) in [5.41, 5.74) is 0. The summed E-state index contributed by atoms with van der Waals surface area (Å²) in [4.78, 5) is 9.66. The molecule has 0 saturated carbocycles. The molecule has 0 aliphatic heterocycles. The van der Waals surface area contributed by atoms with Crippen LogP contribution in [0.4, 0.5) is 0 Å². The molecule has 0 aromatic carbocycles. The summed E-state index contributed by atoms with van der Waals surface area (Å²) >= 11 is 0. The predicted octanol–water partition coefficient (Wildman–Crippen LogP) is -1.28. The van der Waals surface area contributed by atoms with E-state index in [9.17, 15) is 9.46 Å². The third-order valence-electron chi connectivity index (χ3n) is 0.607. The highest BCUT2D eigenvalue weighted by atomic mass is 31.1. The first-order chi connectivity index (χ1) is 4.04. The van der Waals surface area contributed by atoms with Crippen LogP contribution in [-0.2, 0) is 9.09 Å². The second-order valence-corrected chi connectivity index (χ2v) is 2.12. The molecule has 5 nitrogen and oxygen atoms in total. The average molecular weight is 154 g/mol. The molecule has 0 amide bonds. The molecule has 3 unspecified atom stereocenters. The summed E-state index contributed by atoms with van der Waals surface area (Å²) in [7, 11) is -3.08. The van der Waals surface area contributed by atoms with Crippen molar-refractivity contribution in [3.63, 3.8) is 0 Å². The second-order valence-electron chi connectivity index (χ2n) is 1.46. The van der Waals surface area contributed by atoms with Gasteiger partial charge in [0.1, 0.15) is 6.10 Å². The number of aliphatic hydroxyl groups excluding tert-OH is 2. The molecule has 9 heavy (non-hydrogen) atoms. The Bertz CT molecular complexity index is 102. The van der Waals surface area contributed by atoms with Crippen molar-refractivity contribution in [1.29, 1.82) is 0 Å². The third kappa shape index (κ3) is 4.44. The van der Waals surface area contributed by atoms with Crippen LogP contribution in [0.3, 0.4) is 0 Å². The van der Waals surface area contributed by atoms with Crippen molar-refractivity contribution in [1.82, 2.24) is 0 Å². The van der Waals surface area contributed by atoms with E-state index in [1.165, 1.54) is 6.92 Å². The van der Waals surface area contributed by atoms with Crippen molar-refractivity contribution in [3.05, 3.63) is 0 Å². The van der Waals surface area contributed by atoms with Gasteiger partial charge in [-0.3, -0.25) is 0 Å². The van der Waals surface area contributed by atoms with Crippen molar-refractivity contribution < 1.29 is 24.2 Å². The van der Waals surface area contributed by atoms with Crippen LogP contribution in [0.2, 0.25) is 0 Å². The first kappa shape index (κ1) is 8.94. The molecular formula is C3H7O5P. The summed E-state index contributed by atoms with van der Waals surface area (Å²) in [5, 5.41) is 16.9. The van der Waals surface area contributed by atoms with E-state index >= 15 is 0 Å². The maximum Gasteiger partial charge on any atom is 0.491 e. The van der Waals surface area contributed by atoms with E-state index < -0.39 is 20.6 Å². The van der Waals surface area contributed by atoms with Crippen molar-refractivity contribution in [2.45, 2.75) is 19.3 Å². The van der Waals surface area contributed by atoms with Crippen LogP contribution >= 0.6 is 8.25 Å². The van der Waals surface area contributed by atoms with E-state index in [1.807, 2.05) is 0 Å². The average Bonchev–Trinajstić information content (AvgIpc) is 1.63. The Hall–Kier alpha value is -0.0600. The van der Waals surface area contributed by atoms with Gasteiger partial charge in [-0.2, -0.15) is 0 Å². The lowest BCUT2D eigenvalue weighted by atomic mass is 10.4. The lowest BCUT2D eigenvalue weighted by Crippen LogP contribution is -2.24. The molecule has 3 atom stereocenters. The molecule has 0 radical (unpaired) electrons. The second kappa shape index (κ2) is 3.87. The molecule has 0 fully saturated rings. The molecule has 0 aromatic rings. The van der Waals surface area contributed by atoms with E-state index in [0.29, 0.717) is 0 Å². The minimum Gasteiger partial charge on any atom is -0.566 e. The van der Waals surface area contributed by atoms with E-state index in [1.54, 1.807) is 0 Å². The molecule has 0 heterocycles. The molecule has 0 aliphatic rings. The van der Waals surface area contributed by atoms with E-state index in [-0.39, 0.29) is 0 Å². The van der Waals surface area contributed by atoms with Gasteiger partial charge in [0.05, 0.1) is 0 Å². The van der Waals surface area contributed by atoms with Crippen LogP contribution < -0.4 is 4.89 Å². The number of aliphatic hydroxyl groups is 2. The molecule has 0 spiro atoms. The Kier molecular flexibility index (Phi) is 3.84. The van der Waals surface area contributed by atoms with Crippen molar-refractivity contribution in [3.8, 4) is 0 Å². The third-order valence-corrected chi connectivity index (χ3v) is 0.995. The van der Waals surface area contributed by atoms with Crippen molar-refractivity contribution >= 4 is 8.25 Å². The van der Waals surface area contributed by atoms with Crippen LogP contribution in [-0.4, -0.2) is 22.6 Å². The van der Waals surface area contributed by atoms with Crippen molar-refractivity contribution in [2.24, 2.45) is 0 Å². The normalized spacial score (nSPS) is 18.9. The highest BCUT2D eigenvalue weighted by molar-refractivity contribution is 7.30. The maximum absolute atomic E-state index is 9.66. The molecule has 54 valence electrons. The van der Waals surface area contributed by atoms with Crippen LogP contribution in [0.5, 0.6) is 0 Å². The number of rotatable bonds is 3. The standard InChI is InChI=1S/C3H7O5P/c1-2(4)3(5)8-9(6)7/h2-5H,1H3. The molecule has 0 aromatic heterocycles. The van der Waals surface area contributed by atoms with Gasteiger partial charge in [0.15, 0.2) is 0 Å². The molecule has 2 N–H and O–H groups in total. The first-order valence-electron chi connectivity index (χ1n) is 2.21. The number of hydrogen-bond donors (Lipinski definition) is 2.